The van der Waals surface area contributed by atoms with E-state index in [1.165, 1.54) is 0 Å². The van der Waals surface area contributed by atoms with Crippen molar-refractivity contribution in [1.82, 2.24) is 24.5 Å². The van der Waals surface area contributed by atoms with Crippen LogP contribution in [-0.2, 0) is 10.0 Å². The minimum absolute atomic E-state index is 0.171. The molecule has 2 heterocycles. The lowest BCUT2D eigenvalue weighted by Crippen LogP contribution is -2.39. The van der Waals surface area contributed by atoms with Crippen LogP contribution in [0.1, 0.15) is 34.1 Å². The molecular weight excluding hydrogens is 535 g/mol. The number of benzene rings is 1. The average Bonchev–Trinajstić information content (AvgIpc) is 2.80. The first-order chi connectivity index (χ1) is 17.3. The van der Waals surface area contributed by atoms with E-state index in [0.717, 1.165) is 18.7 Å². The summed E-state index contributed by atoms with van der Waals surface area (Å²) in [5.41, 5.74) is -4.88. The van der Waals surface area contributed by atoms with E-state index >= 15 is 0 Å². The molecule has 4 rings (SSSR count). The first-order valence-electron chi connectivity index (χ1n) is 10.7. The Morgan fingerprint density at radius 2 is 1.94 bits per heavy atom. The fourth-order valence-corrected chi connectivity index (χ4v) is 4.83. The molecule has 2 aromatic heterocycles. The van der Waals surface area contributed by atoms with Crippen LogP contribution in [0.5, 0.6) is 17.4 Å². The number of halogens is 4. The zero-order chi connectivity index (χ0) is 27.2. The number of hydrogen-bond donors (Lipinski definition) is 3. The van der Waals surface area contributed by atoms with E-state index < -0.39 is 83.5 Å². The summed E-state index contributed by atoms with van der Waals surface area (Å²) in [6, 6.07) is -1.05. The molecule has 0 unspecified atom stereocenters. The number of rotatable bonds is 7. The van der Waals surface area contributed by atoms with Crippen molar-refractivity contribution < 1.29 is 29.8 Å². The van der Waals surface area contributed by atoms with E-state index in [0.29, 0.717) is 12.8 Å². The fourth-order valence-electron chi connectivity index (χ4n) is 2.95. The standard InChI is InChI=1S/C19H15Cl2F2N5O6S/c20-10-4-9(28-19(31)25-18(30)15(26-28)17(22)23)5-11(21)16(10)34-14-6-13(12(29)7-24-14)35(32,33)27-8-2-1-3-8/h4-8,17,27,29H,1-3H2,(H,25,30,31)/i4D,5D. The summed E-state index contributed by atoms with van der Waals surface area (Å²) in [4.78, 5) is 28.6. The molecule has 0 aliphatic heterocycles. The van der Waals surface area contributed by atoms with Crippen LogP contribution >= 0.6 is 23.2 Å². The molecule has 1 aromatic carbocycles. The molecule has 1 fully saturated rings. The van der Waals surface area contributed by atoms with Gasteiger partial charge in [0.2, 0.25) is 15.9 Å². The van der Waals surface area contributed by atoms with E-state index in [2.05, 4.69) is 14.8 Å². The van der Waals surface area contributed by atoms with Gasteiger partial charge in [-0.25, -0.2) is 31.7 Å². The normalized spacial score (nSPS) is 15.0. The lowest BCUT2D eigenvalue weighted by molar-refractivity contribution is 0.141. The quantitative estimate of drug-likeness (QED) is 0.404. The molecular formula is C19H15Cl2F2N5O6S. The van der Waals surface area contributed by atoms with Gasteiger partial charge < -0.3 is 9.84 Å². The molecule has 3 N–H and O–H groups in total. The highest BCUT2D eigenvalue weighted by Crippen LogP contribution is 2.38. The molecule has 16 heteroatoms. The number of aromatic amines is 1. The van der Waals surface area contributed by atoms with Gasteiger partial charge in [0.25, 0.3) is 12.0 Å². The van der Waals surface area contributed by atoms with Gasteiger partial charge in [0, 0.05) is 12.1 Å². The molecule has 1 aliphatic rings. The Balaban J connectivity index is 1.78. The first kappa shape index (κ1) is 22.4. The molecule has 11 nitrogen and oxygen atoms in total. The van der Waals surface area contributed by atoms with Gasteiger partial charge in [-0.3, -0.25) is 9.78 Å². The SMILES string of the molecule is [2H]c1c(Cl)c(Oc2cc(S(=O)(=O)NC3CCC3)c(O)cn2)c(Cl)c([2H])c1-n1nc(C(F)F)c(=O)[nH]c1=O. The Morgan fingerprint density at radius 1 is 1.29 bits per heavy atom. The van der Waals surface area contributed by atoms with Crippen molar-refractivity contribution in [3.8, 4) is 23.1 Å². The lowest BCUT2D eigenvalue weighted by atomic mass is 9.94. The van der Waals surface area contributed by atoms with Crippen molar-refractivity contribution in [2.45, 2.75) is 36.6 Å². The zero-order valence-electron chi connectivity index (χ0n) is 19.2. The van der Waals surface area contributed by atoms with Crippen molar-refractivity contribution in [1.29, 1.82) is 0 Å². The van der Waals surface area contributed by atoms with Gasteiger partial charge in [-0.2, -0.15) is 9.78 Å². The second kappa shape index (κ2) is 9.53. The maximum Gasteiger partial charge on any atom is 0.349 e. The molecule has 0 saturated heterocycles. The van der Waals surface area contributed by atoms with E-state index in [4.69, 9.17) is 30.7 Å². The second-order valence-corrected chi connectivity index (χ2v) is 9.69. The van der Waals surface area contributed by atoms with Gasteiger partial charge in [0.05, 0.1) is 24.7 Å². The molecule has 35 heavy (non-hydrogen) atoms. The summed E-state index contributed by atoms with van der Waals surface area (Å²) in [6.07, 6.45) is -0.462. The maximum absolute atomic E-state index is 13.1. The largest absolute Gasteiger partial charge is 0.505 e. The maximum atomic E-state index is 13.1. The zero-order valence-corrected chi connectivity index (χ0v) is 19.5. The van der Waals surface area contributed by atoms with Gasteiger partial charge >= 0.3 is 5.69 Å². The molecule has 0 atom stereocenters. The number of nitrogens with one attached hydrogen (secondary N) is 2. The van der Waals surface area contributed by atoms with Gasteiger partial charge in [0.1, 0.15) is 4.90 Å². The van der Waals surface area contributed by atoms with Crippen LogP contribution in [0.2, 0.25) is 10.0 Å². The fraction of sp³-hybridized carbons (Fsp3) is 0.263. The van der Waals surface area contributed by atoms with Crippen molar-refractivity contribution in [3.63, 3.8) is 0 Å². The van der Waals surface area contributed by atoms with Crippen molar-refractivity contribution in [2.24, 2.45) is 0 Å². The van der Waals surface area contributed by atoms with E-state index in [1.807, 2.05) is 0 Å². The van der Waals surface area contributed by atoms with Gasteiger partial charge in [0.15, 0.2) is 17.2 Å². The highest BCUT2D eigenvalue weighted by atomic mass is 35.5. The molecule has 3 aromatic rings. The van der Waals surface area contributed by atoms with Gasteiger partial charge in [-0.05, 0) is 24.9 Å². The average molecular weight is 552 g/mol. The summed E-state index contributed by atoms with van der Waals surface area (Å²) >= 11 is 12.3. The third-order valence-electron chi connectivity index (χ3n) is 4.87. The molecule has 1 saturated carbocycles. The Labute approximate surface area is 208 Å². The van der Waals surface area contributed by atoms with Crippen molar-refractivity contribution in [3.05, 3.63) is 60.9 Å². The van der Waals surface area contributed by atoms with Crippen molar-refractivity contribution >= 4 is 33.2 Å². The number of hydrogen-bond acceptors (Lipinski definition) is 8. The smallest absolute Gasteiger partial charge is 0.349 e. The van der Waals surface area contributed by atoms with Gasteiger partial charge in [-0.15, -0.1) is 0 Å². The molecule has 186 valence electrons. The number of nitrogens with zero attached hydrogens (tertiary/aromatic N) is 3. The summed E-state index contributed by atoms with van der Waals surface area (Å²) in [5.74, 6) is -1.67. The van der Waals surface area contributed by atoms with Crippen LogP contribution in [-0.4, -0.2) is 39.3 Å². The molecule has 0 spiro atoms. The Hall–Kier alpha value is -3.07. The Bertz CT molecular complexity index is 1600. The second-order valence-electron chi connectivity index (χ2n) is 7.25. The van der Waals surface area contributed by atoms with Crippen LogP contribution in [0.15, 0.2) is 38.8 Å². The number of aromatic hydroxyl groups is 1. The third-order valence-corrected chi connectivity index (χ3v) is 6.95. The summed E-state index contributed by atoms with van der Waals surface area (Å²) in [5, 5.41) is 12.0. The molecule has 0 radical (unpaired) electrons. The number of pyridine rings is 1. The lowest BCUT2D eigenvalue weighted by Gasteiger charge is -2.26. The highest BCUT2D eigenvalue weighted by Gasteiger charge is 2.28. The number of sulfonamides is 1. The minimum atomic E-state index is -4.16. The van der Waals surface area contributed by atoms with Crippen molar-refractivity contribution in [2.75, 3.05) is 0 Å². The number of aromatic nitrogens is 4. The van der Waals surface area contributed by atoms with E-state index in [1.54, 1.807) is 4.98 Å². The van der Waals surface area contributed by atoms with Crippen LogP contribution < -0.4 is 20.7 Å². The van der Waals surface area contributed by atoms with Crippen LogP contribution in [0, 0.1) is 0 Å². The van der Waals surface area contributed by atoms with E-state index in [-0.39, 0.29) is 10.7 Å². The predicted octanol–water partition coefficient (Wildman–Crippen LogP) is 2.89. The molecule has 0 bridgehead atoms. The minimum Gasteiger partial charge on any atom is -0.505 e. The van der Waals surface area contributed by atoms with Crippen LogP contribution in [0.25, 0.3) is 5.69 Å². The number of H-pyrrole nitrogens is 1. The van der Waals surface area contributed by atoms with Crippen LogP contribution in [0.4, 0.5) is 8.78 Å². The first-order valence-corrected chi connectivity index (χ1v) is 11.9. The number of ether oxygens (including phenoxy) is 1. The summed E-state index contributed by atoms with van der Waals surface area (Å²) in [7, 11) is -4.16. The molecule has 0 amide bonds. The Kier molecular flexibility index (Phi) is 6.10. The van der Waals surface area contributed by atoms with Crippen LogP contribution in [0.3, 0.4) is 0 Å². The summed E-state index contributed by atoms with van der Waals surface area (Å²) in [6.45, 7) is 0. The van der Waals surface area contributed by atoms with Gasteiger partial charge in [-0.1, -0.05) is 29.6 Å². The number of alkyl halides is 2. The summed E-state index contributed by atoms with van der Waals surface area (Å²) < 4.78 is 76.1. The highest BCUT2D eigenvalue weighted by molar-refractivity contribution is 7.89. The topological polar surface area (TPSA) is 156 Å². The third kappa shape index (κ3) is 5.15. The monoisotopic (exact) mass is 551 g/mol. The Morgan fingerprint density at radius 3 is 2.51 bits per heavy atom. The molecule has 1 aliphatic carbocycles. The van der Waals surface area contributed by atoms with E-state index in [9.17, 15) is 31.9 Å². The predicted molar refractivity (Wildman–Crippen MR) is 119 cm³/mol.